The van der Waals surface area contributed by atoms with E-state index >= 15 is 4.39 Å². The van der Waals surface area contributed by atoms with E-state index in [2.05, 4.69) is 10.6 Å². The van der Waals surface area contributed by atoms with Gasteiger partial charge in [0.25, 0.3) is 5.91 Å². The van der Waals surface area contributed by atoms with Gasteiger partial charge in [0.1, 0.15) is 17.7 Å². The molecule has 0 radical (unpaired) electrons. The normalized spacial score (nSPS) is 25.4. The van der Waals surface area contributed by atoms with E-state index in [0.717, 1.165) is 84.0 Å². The van der Waals surface area contributed by atoms with Crippen LogP contribution in [-0.4, -0.2) is 85.4 Å². The van der Waals surface area contributed by atoms with Crippen molar-refractivity contribution in [3.8, 4) is 11.4 Å². The molecule has 2 aliphatic heterocycles. The minimum atomic E-state index is -1.13. The van der Waals surface area contributed by atoms with Gasteiger partial charge in [-0.3, -0.25) is 9.59 Å². The molecule has 8 rings (SSSR count). The van der Waals surface area contributed by atoms with Crippen LogP contribution in [0.15, 0.2) is 36.5 Å². The standard InChI is InChI=1S/C38H46F2N6O3/c1-22-33-9-6-26(38(49)44-20-29(40)16-30(41)21-44)19-46(33)42-35(22)34-15-27-14-28(39)17-32(36(27)45(34)18-23-2-3-23)24-10-12-43(13-11-24)37(48)25-4-7-31(47)8-5-25/h6,9,14-15,17,19,23-25,29-31,47H,2-5,7-8,10-13,16,18,20-21,41H2,1H3/t25?,29-,30-,31?/m1/s1. The fourth-order valence-electron chi connectivity index (χ4n) is 8.62. The van der Waals surface area contributed by atoms with E-state index < -0.39 is 6.17 Å². The van der Waals surface area contributed by atoms with Crippen LogP contribution < -0.4 is 5.73 Å². The molecule has 4 aliphatic rings. The van der Waals surface area contributed by atoms with Gasteiger partial charge in [0, 0.05) is 55.3 Å². The van der Waals surface area contributed by atoms with Gasteiger partial charge < -0.3 is 25.2 Å². The molecule has 49 heavy (non-hydrogen) atoms. The molecule has 0 unspecified atom stereocenters. The molecule has 2 saturated carbocycles. The second kappa shape index (κ2) is 12.8. The van der Waals surface area contributed by atoms with Gasteiger partial charge >= 0.3 is 0 Å². The van der Waals surface area contributed by atoms with Crippen molar-refractivity contribution in [3.63, 3.8) is 0 Å². The Bertz CT molecular complexity index is 1890. The third kappa shape index (κ3) is 6.24. The van der Waals surface area contributed by atoms with Crippen molar-refractivity contribution in [3.05, 3.63) is 59.0 Å². The first-order chi connectivity index (χ1) is 23.6. The zero-order valence-corrected chi connectivity index (χ0v) is 28.2. The van der Waals surface area contributed by atoms with Crippen LogP contribution in [0, 0.1) is 24.6 Å². The molecule has 11 heteroatoms. The highest BCUT2D eigenvalue weighted by atomic mass is 19.1. The molecule has 5 heterocycles. The van der Waals surface area contributed by atoms with Crippen LogP contribution in [0.5, 0.6) is 0 Å². The summed E-state index contributed by atoms with van der Waals surface area (Å²) < 4.78 is 33.6. The van der Waals surface area contributed by atoms with Gasteiger partial charge in [-0.15, -0.1) is 0 Å². The molecule has 4 aromatic rings. The number of fused-ring (bicyclic) bond motifs is 2. The molecule has 2 aliphatic carbocycles. The van der Waals surface area contributed by atoms with Crippen molar-refractivity contribution in [1.29, 1.82) is 0 Å². The highest BCUT2D eigenvalue weighted by molar-refractivity contribution is 5.95. The molecule has 2 saturated heterocycles. The number of rotatable bonds is 6. The number of hydrogen-bond donors (Lipinski definition) is 2. The largest absolute Gasteiger partial charge is 0.393 e. The minimum absolute atomic E-state index is 0.00686. The SMILES string of the molecule is Cc1c(-c2cc3cc(F)cc(C4CCN(C(=O)C5CCC(O)CC5)CC4)c3n2CC2CC2)nn2cc(C(=O)N3C[C@H](N)C[C@@H](F)C3)ccc12. The number of amides is 2. The summed E-state index contributed by atoms with van der Waals surface area (Å²) in [6.07, 6.45) is 7.29. The van der Waals surface area contributed by atoms with Crippen molar-refractivity contribution in [2.45, 2.75) is 95.5 Å². The summed E-state index contributed by atoms with van der Waals surface area (Å²) in [5.41, 5.74) is 12.0. The van der Waals surface area contributed by atoms with Crippen molar-refractivity contribution in [2.24, 2.45) is 17.6 Å². The van der Waals surface area contributed by atoms with E-state index in [-0.39, 0.29) is 54.6 Å². The van der Waals surface area contributed by atoms with Crippen LogP contribution in [0.1, 0.15) is 85.2 Å². The number of carbonyl (C=O) groups is 2. The molecule has 260 valence electrons. The van der Waals surface area contributed by atoms with E-state index in [9.17, 15) is 19.1 Å². The van der Waals surface area contributed by atoms with Crippen molar-refractivity contribution < 1.29 is 23.5 Å². The molecule has 9 nitrogen and oxygen atoms in total. The summed E-state index contributed by atoms with van der Waals surface area (Å²) >= 11 is 0. The van der Waals surface area contributed by atoms with E-state index in [1.165, 1.54) is 4.90 Å². The number of aliphatic hydroxyl groups is 1. The Hall–Kier alpha value is -3.83. The molecule has 0 bridgehead atoms. The smallest absolute Gasteiger partial charge is 0.255 e. The summed E-state index contributed by atoms with van der Waals surface area (Å²) in [6, 6.07) is 8.64. The predicted octanol–water partition coefficient (Wildman–Crippen LogP) is 5.58. The maximum atomic E-state index is 15.3. The van der Waals surface area contributed by atoms with Gasteiger partial charge in [-0.05, 0) is 112 Å². The Labute approximate surface area is 285 Å². The lowest BCUT2D eigenvalue weighted by molar-refractivity contribution is -0.138. The summed E-state index contributed by atoms with van der Waals surface area (Å²) in [5.74, 6) is 0.346. The van der Waals surface area contributed by atoms with Gasteiger partial charge in [-0.1, -0.05) is 0 Å². The summed E-state index contributed by atoms with van der Waals surface area (Å²) in [4.78, 5) is 30.1. The topological polar surface area (TPSA) is 109 Å². The Morgan fingerprint density at radius 2 is 1.73 bits per heavy atom. The minimum Gasteiger partial charge on any atom is -0.393 e. The zero-order valence-electron chi connectivity index (χ0n) is 28.2. The summed E-state index contributed by atoms with van der Waals surface area (Å²) in [5, 5.41) is 15.7. The molecular formula is C38H46F2N6O3. The lowest BCUT2D eigenvalue weighted by atomic mass is 9.84. The number of nitrogens with zero attached hydrogens (tertiary/aromatic N) is 5. The number of aryl methyl sites for hydroxylation is 1. The predicted molar refractivity (Wildman–Crippen MR) is 183 cm³/mol. The van der Waals surface area contributed by atoms with Crippen molar-refractivity contribution >= 4 is 28.2 Å². The van der Waals surface area contributed by atoms with Gasteiger partial charge in [0.05, 0.1) is 34.9 Å². The van der Waals surface area contributed by atoms with Gasteiger partial charge in [0.15, 0.2) is 0 Å². The number of hydrogen-bond acceptors (Lipinski definition) is 5. The first kappa shape index (κ1) is 32.4. The third-order valence-corrected chi connectivity index (χ3v) is 11.5. The lowest BCUT2D eigenvalue weighted by Gasteiger charge is -2.36. The third-order valence-electron chi connectivity index (χ3n) is 11.5. The van der Waals surface area contributed by atoms with E-state index in [4.69, 9.17) is 10.8 Å². The van der Waals surface area contributed by atoms with Crippen LogP contribution in [0.3, 0.4) is 0 Å². The highest BCUT2D eigenvalue weighted by Crippen LogP contribution is 2.42. The number of pyridine rings is 1. The Kier molecular flexibility index (Phi) is 8.46. The summed E-state index contributed by atoms with van der Waals surface area (Å²) in [7, 11) is 0. The summed E-state index contributed by atoms with van der Waals surface area (Å²) in [6.45, 7) is 4.50. The first-order valence-electron chi connectivity index (χ1n) is 18.1. The second-order valence-electron chi connectivity index (χ2n) is 15.1. The maximum Gasteiger partial charge on any atom is 0.255 e. The average molecular weight is 673 g/mol. The lowest BCUT2D eigenvalue weighted by Crippen LogP contribution is -2.50. The number of alkyl halides is 1. The molecule has 3 N–H and O–H groups in total. The number of benzene rings is 1. The number of carbonyl (C=O) groups excluding carboxylic acids is 2. The Balaban J connectivity index is 1.11. The van der Waals surface area contributed by atoms with E-state index in [1.54, 1.807) is 28.9 Å². The number of likely N-dealkylation sites (tertiary alicyclic amines) is 2. The Morgan fingerprint density at radius 1 is 0.980 bits per heavy atom. The fourth-order valence-corrected chi connectivity index (χ4v) is 8.62. The molecule has 0 spiro atoms. The maximum absolute atomic E-state index is 15.3. The van der Waals surface area contributed by atoms with Gasteiger partial charge in [0.2, 0.25) is 5.91 Å². The number of halogens is 2. The fraction of sp³-hybridized carbons (Fsp3) is 0.553. The average Bonchev–Trinajstić information content (AvgIpc) is 3.76. The van der Waals surface area contributed by atoms with Gasteiger partial charge in [-0.2, -0.15) is 5.10 Å². The van der Waals surface area contributed by atoms with Crippen molar-refractivity contribution in [2.75, 3.05) is 26.2 Å². The quantitative estimate of drug-likeness (QED) is 0.278. The molecular weight excluding hydrogens is 626 g/mol. The monoisotopic (exact) mass is 672 g/mol. The number of aliphatic hydroxyl groups excluding tert-OH is 1. The molecule has 3 aromatic heterocycles. The number of aromatic nitrogens is 3. The van der Waals surface area contributed by atoms with Gasteiger partial charge in [-0.25, -0.2) is 13.3 Å². The molecule has 4 fully saturated rings. The Morgan fingerprint density at radius 3 is 2.45 bits per heavy atom. The number of nitrogens with two attached hydrogens (primary N) is 1. The van der Waals surface area contributed by atoms with Crippen LogP contribution in [0.25, 0.3) is 27.8 Å². The molecule has 2 atom stereocenters. The van der Waals surface area contributed by atoms with E-state index in [0.29, 0.717) is 44.0 Å². The highest BCUT2D eigenvalue weighted by Gasteiger charge is 2.34. The van der Waals surface area contributed by atoms with Crippen molar-refractivity contribution in [1.82, 2.24) is 24.0 Å². The van der Waals surface area contributed by atoms with Crippen LogP contribution in [0.2, 0.25) is 0 Å². The molecule has 1 aromatic carbocycles. The van der Waals surface area contributed by atoms with Crippen LogP contribution in [0.4, 0.5) is 8.78 Å². The molecule has 2 amide bonds. The van der Waals surface area contributed by atoms with E-state index in [1.807, 2.05) is 17.9 Å². The first-order valence-corrected chi connectivity index (χ1v) is 18.1. The second-order valence-corrected chi connectivity index (χ2v) is 15.1. The van der Waals surface area contributed by atoms with Crippen LogP contribution in [-0.2, 0) is 11.3 Å². The zero-order chi connectivity index (χ0) is 34.0. The number of piperidine rings is 2. The van der Waals surface area contributed by atoms with Crippen LogP contribution >= 0.6 is 0 Å².